The number of hydrogen-bond acceptors (Lipinski definition) is 4. The molecule has 2 heterocycles. The minimum Gasteiger partial charge on any atom is -0.496 e. The van der Waals surface area contributed by atoms with Gasteiger partial charge < -0.3 is 9.64 Å². The largest absolute Gasteiger partial charge is 0.496 e. The van der Waals surface area contributed by atoms with Crippen LogP contribution in [0.2, 0.25) is 0 Å². The third kappa shape index (κ3) is 2.98. The van der Waals surface area contributed by atoms with Gasteiger partial charge in [0, 0.05) is 11.3 Å². The number of rotatable bonds is 4. The fourth-order valence-corrected chi connectivity index (χ4v) is 4.60. The van der Waals surface area contributed by atoms with Gasteiger partial charge in [-0.05, 0) is 55.2 Å². The van der Waals surface area contributed by atoms with Gasteiger partial charge in [0.25, 0.3) is 5.91 Å². The highest BCUT2D eigenvalue weighted by Gasteiger charge is 2.49. The summed E-state index contributed by atoms with van der Waals surface area (Å²) < 4.78 is 5.59. The molecule has 0 aromatic heterocycles. The zero-order chi connectivity index (χ0) is 20.7. The van der Waals surface area contributed by atoms with Crippen LogP contribution in [0, 0.1) is 6.92 Å². The molecule has 2 atom stereocenters. The highest BCUT2D eigenvalue weighted by atomic mass is 16.5. The molecule has 0 aliphatic carbocycles. The molecule has 1 N–H and O–H groups in total. The first-order valence-corrected chi connectivity index (χ1v) is 10.3. The molecule has 0 saturated carbocycles. The third-order valence-electron chi connectivity index (χ3n) is 6.08. The first kappa shape index (κ1) is 18.6. The lowest BCUT2D eigenvalue weighted by atomic mass is 9.95. The summed E-state index contributed by atoms with van der Waals surface area (Å²) in [6.07, 6.45) is 1.45. The lowest BCUT2D eigenvalue weighted by Crippen LogP contribution is -2.38. The Morgan fingerprint density at radius 2 is 1.77 bits per heavy atom. The number of carbonyl (C=O) groups is 1. The summed E-state index contributed by atoms with van der Waals surface area (Å²) in [7, 11) is 1.69. The van der Waals surface area contributed by atoms with Crippen LogP contribution in [0.25, 0.3) is 0 Å². The van der Waals surface area contributed by atoms with E-state index in [1.54, 1.807) is 12.1 Å². The number of nitrogens with zero attached hydrogens (tertiary/aromatic N) is 2. The van der Waals surface area contributed by atoms with Crippen LogP contribution >= 0.6 is 0 Å². The predicted octanol–water partition coefficient (Wildman–Crippen LogP) is 4.69. The molecule has 5 rings (SSSR count). The number of ether oxygens (including phenoxy) is 1. The first-order chi connectivity index (χ1) is 14.7. The normalized spacial score (nSPS) is 20.0. The highest BCUT2D eigenvalue weighted by molar-refractivity contribution is 5.92. The Morgan fingerprint density at radius 3 is 2.57 bits per heavy atom. The van der Waals surface area contributed by atoms with Crippen molar-refractivity contribution >= 4 is 17.3 Å². The molecule has 5 nitrogen and oxygen atoms in total. The number of methoxy groups -OCH3 is 1. The zero-order valence-corrected chi connectivity index (χ0v) is 17.2. The summed E-state index contributed by atoms with van der Waals surface area (Å²) in [4.78, 5) is 15.8. The van der Waals surface area contributed by atoms with Crippen LogP contribution in [0.3, 0.4) is 0 Å². The van der Waals surface area contributed by atoms with Crippen molar-refractivity contribution in [1.82, 2.24) is 5.01 Å². The molecule has 1 unspecified atom stereocenters. The summed E-state index contributed by atoms with van der Waals surface area (Å²) in [5, 5.41) is 1.78. The number of anilines is 2. The number of carbonyl (C=O) groups excluding carboxylic acids is 1. The lowest BCUT2D eigenvalue weighted by molar-refractivity contribution is -0.128. The highest BCUT2D eigenvalue weighted by Crippen LogP contribution is 2.45. The summed E-state index contributed by atoms with van der Waals surface area (Å²) >= 11 is 0. The fraction of sp³-hybridized carbons (Fsp3) is 0.240. The molecule has 2 aliphatic rings. The van der Waals surface area contributed by atoms with E-state index in [1.807, 2.05) is 49.4 Å². The summed E-state index contributed by atoms with van der Waals surface area (Å²) in [6, 6.07) is 24.3. The van der Waals surface area contributed by atoms with E-state index in [2.05, 4.69) is 40.7 Å². The van der Waals surface area contributed by atoms with E-state index in [4.69, 9.17) is 4.74 Å². The number of aryl methyl sites for hydroxylation is 2. The van der Waals surface area contributed by atoms with Gasteiger partial charge in [0.2, 0.25) is 0 Å². The quantitative estimate of drug-likeness (QED) is 0.691. The smallest absolute Gasteiger partial charge is 0.265 e. The molecule has 0 radical (unpaired) electrons. The van der Waals surface area contributed by atoms with Crippen LogP contribution in [0.1, 0.15) is 29.3 Å². The van der Waals surface area contributed by atoms with Crippen LogP contribution in [0.5, 0.6) is 5.75 Å². The number of fused-ring (bicyclic) bond motifs is 3. The van der Waals surface area contributed by atoms with Gasteiger partial charge >= 0.3 is 0 Å². The molecule has 30 heavy (non-hydrogen) atoms. The number of hydrazine groups is 1. The average Bonchev–Trinajstić information content (AvgIpc) is 3.07. The molecular formula is C25H25N3O2. The van der Waals surface area contributed by atoms with Gasteiger partial charge in [-0.15, -0.1) is 0 Å². The van der Waals surface area contributed by atoms with E-state index in [0.717, 1.165) is 41.1 Å². The Morgan fingerprint density at radius 1 is 1.00 bits per heavy atom. The Labute approximate surface area is 176 Å². The van der Waals surface area contributed by atoms with Crippen molar-refractivity contribution in [2.45, 2.75) is 32.0 Å². The van der Waals surface area contributed by atoms with E-state index in [9.17, 15) is 4.79 Å². The summed E-state index contributed by atoms with van der Waals surface area (Å²) in [5.74, 6) is 0.922. The van der Waals surface area contributed by atoms with Crippen LogP contribution in [-0.2, 0) is 11.2 Å². The van der Waals surface area contributed by atoms with Gasteiger partial charge in [-0.25, -0.2) is 5.01 Å². The van der Waals surface area contributed by atoms with Gasteiger partial charge in [-0.2, -0.15) is 0 Å². The van der Waals surface area contributed by atoms with E-state index in [-0.39, 0.29) is 18.1 Å². The maximum Gasteiger partial charge on any atom is 0.265 e. The zero-order valence-electron chi connectivity index (χ0n) is 17.2. The second kappa shape index (κ2) is 7.41. The fourth-order valence-electron chi connectivity index (χ4n) is 4.60. The standard InChI is InChI=1S/C25H25N3O2/c1-17-12-13-19(16-23(17)30-2)24-27-21-11-7-6-8-18(21)14-15-22(27)25(29)28(24)26-20-9-4-3-5-10-20/h3-13,16,22,24,26H,14-15H2,1-2H3/t22?,24-/m1/s1. The van der Waals surface area contributed by atoms with Gasteiger partial charge in [0.05, 0.1) is 12.8 Å². The molecule has 3 aromatic carbocycles. The molecular weight excluding hydrogens is 374 g/mol. The van der Waals surface area contributed by atoms with Crippen LogP contribution < -0.4 is 15.1 Å². The minimum absolute atomic E-state index is 0.0953. The van der Waals surface area contributed by atoms with Crippen molar-refractivity contribution in [1.29, 1.82) is 0 Å². The molecule has 0 bridgehead atoms. The molecule has 3 aromatic rings. The first-order valence-electron chi connectivity index (χ1n) is 10.3. The van der Waals surface area contributed by atoms with Crippen LogP contribution in [-0.4, -0.2) is 24.1 Å². The number of amides is 1. The van der Waals surface area contributed by atoms with Crippen LogP contribution in [0.15, 0.2) is 72.8 Å². The van der Waals surface area contributed by atoms with Crippen LogP contribution in [0.4, 0.5) is 11.4 Å². The van der Waals surface area contributed by atoms with Gasteiger partial charge in [-0.3, -0.25) is 10.2 Å². The summed E-state index contributed by atoms with van der Waals surface area (Å²) in [5.41, 5.74) is 8.78. The van der Waals surface area contributed by atoms with Gasteiger partial charge in [0.15, 0.2) is 6.17 Å². The molecule has 2 aliphatic heterocycles. The molecule has 5 heteroatoms. The molecule has 1 fully saturated rings. The number of hydrogen-bond donors (Lipinski definition) is 1. The SMILES string of the molecule is COc1cc([C@H]2N(Nc3ccccc3)C(=O)C3CCc4ccccc4N32)ccc1C. The molecule has 0 spiro atoms. The Bertz CT molecular complexity index is 1080. The minimum atomic E-state index is -0.265. The van der Waals surface area contributed by atoms with Crippen molar-refractivity contribution in [2.75, 3.05) is 17.4 Å². The van der Waals surface area contributed by atoms with Crippen molar-refractivity contribution in [3.05, 3.63) is 89.5 Å². The monoisotopic (exact) mass is 399 g/mol. The van der Waals surface area contributed by atoms with Crippen molar-refractivity contribution in [3.8, 4) is 5.75 Å². The van der Waals surface area contributed by atoms with E-state index >= 15 is 0 Å². The van der Waals surface area contributed by atoms with E-state index < -0.39 is 0 Å². The topological polar surface area (TPSA) is 44.8 Å². The molecule has 1 saturated heterocycles. The number of para-hydroxylation sites is 2. The van der Waals surface area contributed by atoms with E-state index in [1.165, 1.54) is 5.56 Å². The number of benzene rings is 3. The Kier molecular flexibility index (Phi) is 4.58. The molecule has 1 amide bonds. The average molecular weight is 399 g/mol. The third-order valence-corrected chi connectivity index (χ3v) is 6.08. The van der Waals surface area contributed by atoms with Crippen molar-refractivity contribution < 1.29 is 9.53 Å². The van der Waals surface area contributed by atoms with Crippen molar-refractivity contribution in [3.63, 3.8) is 0 Å². The molecule has 152 valence electrons. The Balaban J connectivity index is 1.64. The summed E-state index contributed by atoms with van der Waals surface area (Å²) in [6.45, 7) is 2.03. The Hall–Kier alpha value is -3.47. The van der Waals surface area contributed by atoms with Gasteiger partial charge in [-0.1, -0.05) is 48.5 Å². The lowest BCUT2D eigenvalue weighted by Gasteiger charge is -2.37. The maximum absolute atomic E-state index is 13.5. The van der Waals surface area contributed by atoms with E-state index in [0.29, 0.717) is 0 Å². The predicted molar refractivity (Wildman–Crippen MR) is 118 cm³/mol. The van der Waals surface area contributed by atoms with Crippen molar-refractivity contribution in [2.24, 2.45) is 0 Å². The maximum atomic E-state index is 13.5. The second-order valence-corrected chi connectivity index (χ2v) is 7.88. The number of nitrogens with one attached hydrogen (secondary N) is 1. The second-order valence-electron chi connectivity index (χ2n) is 7.88. The van der Waals surface area contributed by atoms with Gasteiger partial charge in [0.1, 0.15) is 11.8 Å².